The molecule has 0 aromatic heterocycles. The standard InChI is InChI=1S/C19H13NO7/c1-2-3-4-5-6-7-8-9-10-11-12-13-20-18(25)16(23)14(21)15(22)17(24)19(26)27/h14-17,21-24H,1H3,(H,20,25)(H,26,27)/t14-,15-,16+,17-/m1/s1. The first kappa shape index (κ1) is 23.1. The minimum atomic E-state index is -2.38. The number of amides is 1. The van der Waals surface area contributed by atoms with Crippen LogP contribution in [0.5, 0.6) is 0 Å². The van der Waals surface area contributed by atoms with Crippen molar-refractivity contribution in [2.24, 2.45) is 0 Å². The van der Waals surface area contributed by atoms with Crippen LogP contribution in [0.15, 0.2) is 0 Å². The Balaban J connectivity index is 4.60. The molecular formula is C19H13NO7. The first-order valence-electron chi connectivity index (χ1n) is 6.99. The van der Waals surface area contributed by atoms with Crippen LogP contribution in [-0.2, 0) is 9.59 Å². The van der Waals surface area contributed by atoms with Crippen LogP contribution in [0.2, 0.25) is 0 Å². The molecule has 0 aliphatic rings. The zero-order valence-electron chi connectivity index (χ0n) is 13.9. The normalized spacial score (nSPS) is 12.2. The first-order valence-corrected chi connectivity index (χ1v) is 6.99. The molecule has 0 aromatic carbocycles. The summed E-state index contributed by atoms with van der Waals surface area (Å²) in [6, 6.07) is 2.04. The molecule has 0 aliphatic carbocycles. The average Bonchev–Trinajstić information content (AvgIpc) is 2.66. The van der Waals surface area contributed by atoms with E-state index in [1.807, 2.05) is 11.4 Å². The summed E-state index contributed by atoms with van der Waals surface area (Å²) < 4.78 is 0. The predicted molar refractivity (Wildman–Crippen MR) is 92.1 cm³/mol. The van der Waals surface area contributed by atoms with Crippen LogP contribution >= 0.6 is 0 Å². The molecule has 6 N–H and O–H groups in total. The van der Waals surface area contributed by atoms with Gasteiger partial charge in [-0.1, -0.05) is 5.92 Å². The lowest BCUT2D eigenvalue weighted by atomic mass is 10.0. The molecule has 0 heterocycles. The Morgan fingerprint density at radius 1 is 0.704 bits per heavy atom. The van der Waals surface area contributed by atoms with Crippen LogP contribution in [0.3, 0.4) is 0 Å². The van der Waals surface area contributed by atoms with Crippen molar-refractivity contribution in [3.8, 4) is 71.2 Å². The minimum absolute atomic E-state index is 1.24. The van der Waals surface area contributed by atoms with Crippen LogP contribution in [0.4, 0.5) is 0 Å². The van der Waals surface area contributed by atoms with Gasteiger partial charge in [-0.25, -0.2) is 4.79 Å². The van der Waals surface area contributed by atoms with Gasteiger partial charge in [0.15, 0.2) is 12.2 Å². The van der Waals surface area contributed by atoms with Crippen molar-refractivity contribution in [2.75, 3.05) is 0 Å². The highest BCUT2D eigenvalue weighted by Gasteiger charge is 2.37. The molecule has 136 valence electrons. The molecule has 8 nitrogen and oxygen atoms in total. The van der Waals surface area contributed by atoms with Crippen LogP contribution in [0.25, 0.3) is 0 Å². The van der Waals surface area contributed by atoms with Crippen molar-refractivity contribution in [2.45, 2.75) is 31.3 Å². The van der Waals surface area contributed by atoms with E-state index >= 15 is 0 Å². The quantitative estimate of drug-likeness (QED) is 0.220. The van der Waals surface area contributed by atoms with Crippen molar-refractivity contribution < 1.29 is 35.1 Å². The Morgan fingerprint density at radius 2 is 1.11 bits per heavy atom. The number of rotatable bonds is 5. The Bertz CT molecular complexity index is 930. The molecule has 0 spiro atoms. The van der Waals surface area contributed by atoms with E-state index in [1.54, 1.807) is 6.92 Å². The van der Waals surface area contributed by atoms with Crippen LogP contribution in [-0.4, -0.2) is 61.8 Å². The molecule has 0 unspecified atom stereocenters. The molecule has 27 heavy (non-hydrogen) atoms. The Kier molecular flexibility index (Phi) is 11.5. The lowest BCUT2D eigenvalue weighted by Crippen LogP contribution is -2.52. The number of nitrogens with one attached hydrogen (secondary N) is 1. The third kappa shape index (κ3) is 9.89. The number of hydrogen-bond acceptors (Lipinski definition) is 6. The van der Waals surface area contributed by atoms with Crippen molar-refractivity contribution in [1.82, 2.24) is 5.32 Å². The number of carboxylic acids is 1. The highest BCUT2D eigenvalue weighted by Crippen LogP contribution is 2.05. The average molecular weight is 367 g/mol. The van der Waals surface area contributed by atoms with E-state index in [1.165, 1.54) is 0 Å². The van der Waals surface area contributed by atoms with Gasteiger partial charge in [-0.15, -0.1) is 0 Å². The SMILES string of the molecule is CC#CC#CC#CC#CC#CC#CNC(=O)[C@@H](O)[C@H](O)[C@@H](O)[C@@H](O)C(=O)O. The van der Waals surface area contributed by atoms with E-state index in [-0.39, 0.29) is 0 Å². The van der Waals surface area contributed by atoms with Crippen molar-refractivity contribution in [1.29, 1.82) is 0 Å². The van der Waals surface area contributed by atoms with Crippen LogP contribution in [0, 0.1) is 71.2 Å². The van der Waals surface area contributed by atoms with E-state index in [0.29, 0.717) is 0 Å². The number of aliphatic hydroxyl groups excluding tert-OH is 4. The van der Waals surface area contributed by atoms with Gasteiger partial charge in [0, 0.05) is 35.6 Å². The molecular weight excluding hydrogens is 354 g/mol. The monoisotopic (exact) mass is 367 g/mol. The van der Waals surface area contributed by atoms with Crippen LogP contribution < -0.4 is 5.32 Å². The molecule has 0 saturated heterocycles. The molecule has 8 heteroatoms. The van der Waals surface area contributed by atoms with Gasteiger partial charge in [0.25, 0.3) is 5.91 Å². The van der Waals surface area contributed by atoms with Gasteiger partial charge in [-0.3, -0.25) is 10.1 Å². The number of hydrogen-bond donors (Lipinski definition) is 6. The first-order chi connectivity index (χ1) is 12.8. The fourth-order valence-corrected chi connectivity index (χ4v) is 1.19. The molecule has 0 saturated carbocycles. The number of carbonyl (C=O) groups excluding carboxylic acids is 1. The van der Waals surface area contributed by atoms with E-state index in [0.717, 1.165) is 0 Å². The van der Waals surface area contributed by atoms with Gasteiger partial charge in [0.1, 0.15) is 12.2 Å². The van der Waals surface area contributed by atoms with Crippen LogP contribution in [0.1, 0.15) is 6.92 Å². The van der Waals surface area contributed by atoms with Gasteiger partial charge < -0.3 is 25.5 Å². The van der Waals surface area contributed by atoms with E-state index in [4.69, 9.17) is 10.2 Å². The van der Waals surface area contributed by atoms with Crippen molar-refractivity contribution >= 4 is 11.9 Å². The molecule has 0 rings (SSSR count). The number of aliphatic hydroxyl groups is 4. The van der Waals surface area contributed by atoms with Gasteiger partial charge in [-0.2, -0.15) is 0 Å². The molecule has 0 aromatic rings. The molecule has 0 radical (unpaired) electrons. The summed E-state index contributed by atoms with van der Waals surface area (Å²) in [5.41, 5.74) is 0. The number of carbonyl (C=O) groups is 2. The second-order valence-corrected chi connectivity index (χ2v) is 4.32. The summed E-state index contributed by atoms with van der Waals surface area (Å²) in [6.45, 7) is 1.64. The number of carboxylic acid groups (broad SMARTS) is 1. The predicted octanol–water partition coefficient (Wildman–Crippen LogP) is -3.37. The van der Waals surface area contributed by atoms with E-state index < -0.39 is 36.3 Å². The van der Waals surface area contributed by atoms with E-state index in [9.17, 15) is 24.9 Å². The highest BCUT2D eigenvalue weighted by atomic mass is 16.4. The second kappa shape index (κ2) is 13.4. The zero-order valence-corrected chi connectivity index (χ0v) is 13.9. The fraction of sp³-hybridized carbons (Fsp3) is 0.263. The third-order valence-electron chi connectivity index (χ3n) is 2.45. The lowest BCUT2D eigenvalue weighted by Gasteiger charge is -2.23. The maximum atomic E-state index is 11.5. The topological polar surface area (TPSA) is 147 Å². The lowest BCUT2D eigenvalue weighted by molar-refractivity contribution is -0.166. The second-order valence-electron chi connectivity index (χ2n) is 4.32. The van der Waals surface area contributed by atoms with Gasteiger partial charge in [0.05, 0.1) is 0 Å². The molecule has 4 atom stereocenters. The van der Waals surface area contributed by atoms with E-state index in [2.05, 4.69) is 65.1 Å². The Labute approximate surface area is 155 Å². The summed E-state index contributed by atoms with van der Waals surface area (Å²) in [7, 11) is 0. The smallest absolute Gasteiger partial charge is 0.335 e. The van der Waals surface area contributed by atoms with Gasteiger partial charge in [-0.05, 0) is 36.5 Å². The third-order valence-corrected chi connectivity index (χ3v) is 2.45. The summed E-state index contributed by atoms with van der Waals surface area (Å²) in [5, 5.41) is 47.6. The Hall–Kier alpha value is -3.86. The molecule has 0 aliphatic heterocycles. The Morgan fingerprint density at radius 3 is 1.56 bits per heavy atom. The summed E-state index contributed by atoms with van der Waals surface area (Å²) >= 11 is 0. The zero-order chi connectivity index (χ0) is 20.7. The fourth-order valence-electron chi connectivity index (χ4n) is 1.19. The molecule has 0 bridgehead atoms. The summed E-state index contributed by atoms with van der Waals surface area (Å²) in [5.74, 6) is 23.0. The molecule has 0 fully saturated rings. The number of aliphatic carboxylic acids is 1. The van der Waals surface area contributed by atoms with Gasteiger partial charge >= 0.3 is 5.97 Å². The summed E-state index contributed by atoms with van der Waals surface area (Å²) in [4.78, 5) is 21.9. The summed E-state index contributed by atoms with van der Waals surface area (Å²) in [6.07, 6.45) is -9.15. The van der Waals surface area contributed by atoms with Gasteiger partial charge in [0.2, 0.25) is 0 Å². The maximum absolute atomic E-state index is 11.5. The largest absolute Gasteiger partial charge is 0.479 e. The van der Waals surface area contributed by atoms with Crippen molar-refractivity contribution in [3.05, 3.63) is 0 Å². The molecule has 1 amide bonds. The highest BCUT2D eigenvalue weighted by molar-refractivity contribution is 5.83. The minimum Gasteiger partial charge on any atom is -0.479 e. The maximum Gasteiger partial charge on any atom is 0.335 e. The van der Waals surface area contributed by atoms with Crippen molar-refractivity contribution in [3.63, 3.8) is 0 Å².